The highest BCUT2D eigenvalue weighted by atomic mass is 35.5. The molecule has 3 N–H and O–H groups in total. The van der Waals surface area contributed by atoms with Crippen LogP contribution in [0.1, 0.15) is 18.4 Å². The first kappa shape index (κ1) is 32.8. The highest BCUT2D eigenvalue weighted by molar-refractivity contribution is 7.20. The van der Waals surface area contributed by atoms with Crippen molar-refractivity contribution in [2.75, 3.05) is 57.9 Å². The molecule has 2 fully saturated rings. The average molecular weight is 708 g/mol. The normalized spacial score (nSPS) is 17.0. The van der Waals surface area contributed by atoms with Gasteiger partial charge in [-0.15, -0.1) is 5.10 Å². The summed E-state index contributed by atoms with van der Waals surface area (Å²) in [5, 5.41) is 22.6. The lowest BCUT2D eigenvalue weighted by molar-refractivity contribution is -0.119. The number of nitrogens with zero attached hydrogens (tertiary/aromatic N) is 6. The second-order valence-electron chi connectivity index (χ2n) is 11.9. The van der Waals surface area contributed by atoms with Crippen molar-refractivity contribution in [1.29, 1.82) is 0 Å². The quantitative estimate of drug-likeness (QED) is 0.175. The fourth-order valence-corrected chi connectivity index (χ4v) is 7.89. The van der Waals surface area contributed by atoms with Crippen LogP contribution in [0.5, 0.6) is 5.88 Å². The monoisotopic (exact) mass is 706 g/mol. The number of hydrogen-bond acceptors (Lipinski definition) is 10. The van der Waals surface area contributed by atoms with Crippen molar-refractivity contribution in [3.8, 4) is 39.5 Å². The predicted molar refractivity (Wildman–Crippen MR) is 190 cm³/mol. The number of amides is 1. The number of aromatic nitrogens is 4. The average Bonchev–Trinajstić information content (AvgIpc) is 3.82. The molecule has 7 rings (SSSR count). The maximum Gasteiger partial charge on any atom is 0.220 e. The number of fused-ring (bicyclic) bond motifs is 1. The van der Waals surface area contributed by atoms with Gasteiger partial charge < -0.3 is 25.4 Å². The molecule has 1 amide bonds. The molecule has 48 heavy (non-hydrogen) atoms. The first-order valence-corrected chi connectivity index (χ1v) is 17.6. The third-order valence-corrected chi connectivity index (χ3v) is 10.7. The van der Waals surface area contributed by atoms with E-state index in [1.54, 1.807) is 24.6 Å². The van der Waals surface area contributed by atoms with Crippen LogP contribution in [-0.2, 0) is 11.3 Å². The van der Waals surface area contributed by atoms with Gasteiger partial charge >= 0.3 is 0 Å². The third kappa shape index (κ3) is 6.60. The molecule has 1 atom stereocenters. The van der Waals surface area contributed by atoms with Crippen LogP contribution in [0.4, 0.5) is 5.13 Å². The highest BCUT2D eigenvalue weighted by Crippen LogP contribution is 2.43. The van der Waals surface area contributed by atoms with E-state index in [2.05, 4.69) is 25.4 Å². The van der Waals surface area contributed by atoms with Crippen molar-refractivity contribution < 1.29 is 14.6 Å². The maximum atomic E-state index is 11.5. The number of halogens is 2. The Bertz CT molecular complexity index is 1940. The van der Waals surface area contributed by atoms with E-state index >= 15 is 0 Å². The van der Waals surface area contributed by atoms with Crippen molar-refractivity contribution in [3.05, 3.63) is 70.3 Å². The minimum atomic E-state index is 0.103. The van der Waals surface area contributed by atoms with E-state index in [4.69, 9.17) is 38.0 Å². The van der Waals surface area contributed by atoms with Gasteiger partial charge in [-0.05, 0) is 12.5 Å². The maximum absolute atomic E-state index is 11.5. The Balaban J connectivity index is 1.13. The molecule has 0 spiro atoms. The van der Waals surface area contributed by atoms with Crippen LogP contribution < -0.4 is 20.3 Å². The molecule has 0 unspecified atom stereocenters. The Morgan fingerprint density at radius 2 is 1.75 bits per heavy atom. The molecule has 11 nitrogen and oxygen atoms in total. The number of β-amino-alcohol motifs (C(OH)–C–C–N with tert-alkyl or cyclic N) is 1. The van der Waals surface area contributed by atoms with Gasteiger partial charge in [0, 0.05) is 86.1 Å². The summed E-state index contributed by atoms with van der Waals surface area (Å²) in [6, 6.07) is 15.8. The summed E-state index contributed by atoms with van der Waals surface area (Å²) in [6.45, 7) is 5.57. The lowest BCUT2D eigenvalue weighted by Gasteiger charge is -2.33. The van der Waals surface area contributed by atoms with Gasteiger partial charge in [0.1, 0.15) is 0 Å². The topological polar surface area (TPSA) is 120 Å². The molecule has 2 saturated heterocycles. The second kappa shape index (κ2) is 14.4. The Morgan fingerprint density at radius 1 is 1.02 bits per heavy atom. The number of pyridine rings is 1. The highest BCUT2D eigenvalue weighted by Gasteiger charge is 2.24. The Morgan fingerprint density at radius 3 is 2.46 bits per heavy atom. The number of carbonyl (C=O) groups excluding carboxylic acids is 1. The van der Waals surface area contributed by atoms with E-state index in [-0.39, 0.29) is 18.6 Å². The zero-order valence-corrected chi connectivity index (χ0v) is 28.8. The molecule has 2 aliphatic rings. The van der Waals surface area contributed by atoms with E-state index in [0.717, 1.165) is 76.2 Å². The number of hydrogen-bond donors (Lipinski definition) is 3. The summed E-state index contributed by atoms with van der Waals surface area (Å²) in [4.78, 5) is 26.3. The number of imidazole rings is 1. The first-order valence-electron chi connectivity index (χ1n) is 16.0. The van der Waals surface area contributed by atoms with Crippen LogP contribution in [0.2, 0.25) is 10.0 Å². The van der Waals surface area contributed by atoms with Crippen LogP contribution in [0.3, 0.4) is 0 Å². The minimum Gasteiger partial charge on any atom is -0.481 e. The third-order valence-electron chi connectivity index (χ3n) is 8.90. The molecular weight excluding hydrogens is 671 g/mol. The molecular formula is C34H36Cl2N8O3S. The number of piperazine rings is 1. The van der Waals surface area contributed by atoms with Crippen LogP contribution >= 0.6 is 34.5 Å². The lowest BCUT2D eigenvalue weighted by atomic mass is 9.98. The van der Waals surface area contributed by atoms with Gasteiger partial charge in [-0.1, -0.05) is 77.0 Å². The minimum absolute atomic E-state index is 0.103. The molecule has 14 heteroatoms. The van der Waals surface area contributed by atoms with E-state index in [1.165, 1.54) is 0 Å². The summed E-state index contributed by atoms with van der Waals surface area (Å²) >= 11 is 15.8. The molecule has 2 aromatic carbocycles. The molecule has 2 aliphatic heterocycles. The molecule has 250 valence electrons. The van der Waals surface area contributed by atoms with E-state index < -0.39 is 0 Å². The lowest BCUT2D eigenvalue weighted by Crippen LogP contribution is -2.47. The second-order valence-corrected chi connectivity index (χ2v) is 13.6. The molecule has 5 aromatic rings. The Kier molecular flexibility index (Phi) is 9.81. The van der Waals surface area contributed by atoms with Crippen molar-refractivity contribution in [2.45, 2.75) is 25.4 Å². The molecule has 0 aliphatic carbocycles. The number of ether oxygens (including phenoxy) is 1. The number of aliphatic hydroxyl groups excluding tert-OH is 1. The van der Waals surface area contributed by atoms with Crippen molar-refractivity contribution in [3.63, 3.8) is 0 Å². The van der Waals surface area contributed by atoms with Crippen LogP contribution in [-0.4, -0.2) is 94.5 Å². The van der Waals surface area contributed by atoms with Gasteiger partial charge in [0.05, 0.1) is 41.3 Å². The molecule has 5 heterocycles. The van der Waals surface area contributed by atoms with E-state index in [0.29, 0.717) is 47.7 Å². The summed E-state index contributed by atoms with van der Waals surface area (Å²) in [7, 11) is 1.61. The van der Waals surface area contributed by atoms with Crippen LogP contribution in [0.25, 0.3) is 38.6 Å². The SMILES string of the molecule is COc1nc(-c2cccc(-c3cccc(-c4cnc5sc(N6CCN(CCO)CC6)nn45)c3Cl)c2Cl)ccc1CNC[C@@H]1CCC(=O)N1. The summed E-state index contributed by atoms with van der Waals surface area (Å²) in [6.07, 6.45) is 3.22. The van der Waals surface area contributed by atoms with Gasteiger partial charge in [-0.3, -0.25) is 9.69 Å². The number of nitrogens with one attached hydrogen (secondary N) is 2. The van der Waals surface area contributed by atoms with Crippen LogP contribution in [0.15, 0.2) is 54.7 Å². The van der Waals surface area contributed by atoms with Crippen molar-refractivity contribution in [2.24, 2.45) is 0 Å². The summed E-state index contributed by atoms with van der Waals surface area (Å²) < 4.78 is 7.52. The number of rotatable bonds is 11. The predicted octanol–water partition coefficient (Wildman–Crippen LogP) is 4.98. The van der Waals surface area contributed by atoms with E-state index in [9.17, 15) is 9.90 Å². The molecule has 3 aromatic heterocycles. The van der Waals surface area contributed by atoms with Crippen LogP contribution in [0, 0.1) is 0 Å². The standard InChI is InChI=1S/C34H36Cl2N8O3S/c1-47-32-21(18-37-19-22-9-11-29(46)39-22)8-10-27(40-32)25-6-2-4-23(30(25)35)24-5-3-7-26(31(24)36)28-20-38-33-44(28)41-34(48-33)43-14-12-42(13-15-43)16-17-45/h2-8,10,20,22,37,45H,9,11-19H2,1H3,(H,39,46)/t22-/m0/s1. The zero-order chi connectivity index (χ0) is 33.2. The fraction of sp³-hybridized carbons (Fsp3) is 0.353. The molecule has 0 bridgehead atoms. The zero-order valence-electron chi connectivity index (χ0n) is 26.5. The Hall–Kier alpha value is -3.78. The van der Waals surface area contributed by atoms with Gasteiger partial charge in [0.2, 0.25) is 21.9 Å². The van der Waals surface area contributed by atoms with Gasteiger partial charge in [0.25, 0.3) is 0 Å². The summed E-state index contributed by atoms with van der Waals surface area (Å²) in [5.41, 5.74) is 5.54. The number of benzene rings is 2. The summed E-state index contributed by atoms with van der Waals surface area (Å²) in [5.74, 6) is 0.613. The number of methoxy groups -OCH3 is 1. The van der Waals surface area contributed by atoms with Crippen molar-refractivity contribution in [1.82, 2.24) is 35.1 Å². The molecule has 0 saturated carbocycles. The van der Waals surface area contributed by atoms with E-state index in [1.807, 2.05) is 53.0 Å². The number of anilines is 1. The van der Waals surface area contributed by atoms with Gasteiger partial charge in [0.15, 0.2) is 0 Å². The Labute approximate surface area is 292 Å². The van der Waals surface area contributed by atoms with Gasteiger partial charge in [-0.25, -0.2) is 14.5 Å². The largest absolute Gasteiger partial charge is 0.481 e. The molecule has 0 radical (unpaired) electrons. The number of carbonyl (C=O) groups is 1. The fourth-order valence-electron chi connectivity index (χ4n) is 6.32. The first-order chi connectivity index (χ1) is 23.4. The smallest absolute Gasteiger partial charge is 0.220 e. The van der Waals surface area contributed by atoms with Crippen molar-refractivity contribution >= 4 is 50.5 Å². The van der Waals surface area contributed by atoms with Gasteiger partial charge in [-0.2, -0.15) is 0 Å². The number of aliphatic hydroxyl groups is 1.